The summed E-state index contributed by atoms with van der Waals surface area (Å²) in [5.74, 6) is -0.105. The molecule has 1 aromatic rings. The lowest BCUT2D eigenvalue weighted by Crippen LogP contribution is -2.30. The highest BCUT2D eigenvalue weighted by Crippen LogP contribution is 2.24. The molecule has 0 radical (unpaired) electrons. The first-order valence-corrected chi connectivity index (χ1v) is 6.48. The van der Waals surface area contributed by atoms with Crippen LogP contribution in [0.15, 0.2) is 16.6 Å². The summed E-state index contributed by atoms with van der Waals surface area (Å²) in [7, 11) is 0. The van der Waals surface area contributed by atoms with Crippen LogP contribution in [0.2, 0.25) is 0 Å². The SMILES string of the molecule is Cc1cc(Br)cc(C)c1NCC(=O)NCCC#N. The number of benzene rings is 1. The summed E-state index contributed by atoms with van der Waals surface area (Å²) in [6, 6.07) is 5.99. The highest BCUT2D eigenvalue weighted by atomic mass is 79.9. The molecule has 1 rings (SSSR count). The van der Waals surface area contributed by atoms with E-state index >= 15 is 0 Å². The van der Waals surface area contributed by atoms with E-state index in [4.69, 9.17) is 5.26 Å². The minimum atomic E-state index is -0.105. The highest BCUT2D eigenvalue weighted by Gasteiger charge is 2.06. The van der Waals surface area contributed by atoms with Crippen LogP contribution in [0.4, 0.5) is 5.69 Å². The van der Waals surface area contributed by atoms with Crippen LogP contribution < -0.4 is 10.6 Å². The Labute approximate surface area is 116 Å². The normalized spacial score (nSPS) is 9.67. The molecule has 0 bridgehead atoms. The number of hydrogen-bond acceptors (Lipinski definition) is 3. The van der Waals surface area contributed by atoms with Crippen molar-refractivity contribution in [3.8, 4) is 6.07 Å². The number of halogens is 1. The monoisotopic (exact) mass is 309 g/mol. The second kappa shape index (κ2) is 7.02. The Balaban J connectivity index is 2.54. The maximum absolute atomic E-state index is 11.5. The van der Waals surface area contributed by atoms with E-state index in [0.29, 0.717) is 13.0 Å². The smallest absolute Gasteiger partial charge is 0.239 e. The second-order valence-corrected chi connectivity index (χ2v) is 4.94. The largest absolute Gasteiger partial charge is 0.376 e. The molecule has 1 amide bonds. The standard InChI is InChI=1S/C13H16BrN3O/c1-9-6-11(14)7-10(2)13(9)17-8-12(18)16-5-3-4-15/h6-7,17H,3,5,8H2,1-2H3,(H,16,18). The van der Waals surface area contributed by atoms with Gasteiger partial charge in [0.2, 0.25) is 5.91 Å². The summed E-state index contributed by atoms with van der Waals surface area (Å²) < 4.78 is 1.03. The molecule has 0 aliphatic rings. The Bertz CT molecular complexity index is 457. The van der Waals surface area contributed by atoms with Gasteiger partial charge in [0.05, 0.1) is 19.0 Å². The van der Waals surface area contributed by atoms with Crippen molar-refractivity contribution in [1.29, 1.82) is 5.26 Å². The number of nitriles is 1. The number of carbonyl (C=O) groups excluding carboxylic acids is 1. The number of carbonyl (C=O) groups is 1. The molecule has 0 spiro atoms. The van der Waals surface area contributed by atoms with Gasteiger partial charge < -0.3 is 10.6 Å². The summed E-state index contributed by atoms with van der Waals surface area (Å²) in [5, 5.41) is 14.2. The third kappa shape index (κ3) is 4.38. The fraction of sp³-hybridized carbons (Fsp3) is 0.385. The lowest BCUT2D eigenvalue weighted by Gasteiger charge is -2.13. The van der Waals surface area contributed by atoms with Gasteiger partial charge in [0.25, 0.3) is 0 Å². The average Bonchev–Trinajstić information content (AvgIpc) is 2.27. The van der Waals surface area contributed by atoms with Crippen LogP contribution in [0.5, 0.6) is 0 Å². The first-order chi connectivity index (χ1) is 8.54. The van der Waals surface area contributed by atoms with Crippen molar-refractivity contribution in [3.05, 3.63) is 27.7 Å². The fourth-order valence-corrected chi connectivity index (χ4v) is 2.37. The van der Waals surface area contributed by atoms with Crippen LogP contribution >= 0.6 is 15.9 Å². The second-order valence-electron chi connectivity index (χ2n) is 4.03. The zero-order valence-corrected chi connectivity index (χ0v) is 12.1. The summed E-state index contributed by atoms with van der Waals surface area (Å²) >= 11 is 3.43. The van der Waals surface area contributed by atoms with Gasteiger partial charge in [0.1, 0.15) is 0 Å². The third-order valence-corrected chi connectivity index (χ3v) is 2.94. The van der Waals surface area contributed by atoms with E-state index in [1.165, 1.54) is 0 Å². The summed E-state index contributed by atoms with van der Waals surface area (Å²) in [6.07, 6.45) is 0.335. The third-order valence-electron chi connectivity index (χ3n) is 2.48. The van der Waals surface area contributed by atoms with Gasteiger partial charge in [-0.3, -0.25) is 4.79 Å². The molecule has 0 fully saturated rings. The quantitative estimate of drug-likeness (QED) is 0.821. The molecule has 0 aromatic heterocycles. The molecule has 0 aliphatic heterocycles. The van der Waals surface area contributed by atoms with Crippen molar-refractivity contribution in [2.45, 2.75) is 20.3 Å². The van der Waals surface area contributed by atoms with Gasteiger partial charge >= 0.3 is 0 Å². The number of nitrogens with one attached hydrogen (secondary N) is 2. The molecule has 1 aromatic carbocycles. The molecule has 0 unspecified atom stereocenters. The fourth-order valence-electron chi connectivity index (χ4n) is 1.68. The number of hydrogen-bond donors (Lipinski definition) is 2. The van der Waals surface area contributed by atoms with Crippen molar-refractivity contribution in [3.63, 3.8) is 0 Å². The minimum Gasteiger partial charge on any atom is -0.376 e. The number of nitrogens with zero attached hydrogens (tertiary/aromatic N) is 1. The van der Waals surface area contributed by atoms with Gasteiger partial charge in [-0.15, -0.1) is 0 Å². The average molecular weight is 310 g/mol. The Morgan fingerprint density at radius 1 is 1.39 bits per heavy atom. The molecule has 0 heterocycles. The van der Waals surface area contributed by atoms with Crippen LogP contribution in [-0.4, -0.2) is 19.0 Å². The van der Waals surface area contributed by atoms with Gasteiger partial charge in [-0.2, -0.15) is 5.26 Å². The maximum atomic E-state index is 11.5. The molecular formula is C13H16BrN3O. The molecule has 5 heteroatoms. The van der Waals surface area contributed by atoms with Crippen molar-refractivity contribution in [2.24, 2.45) is 0 Å². The molecule has 4 nitrogen and oxygen atoms in total. The van der Waals surface area contributed by atoms with Crippen molar-refractivity contribution < 1.29 is 4.79 Å². The van der Waals surface area contributed by atoms with E-state index in [9.17, 15) is 4.79 Å². The zero-order chi connectivity index (χ0) is 13.5. The number of rotatable bonds is 5. The van der Waals surface area contributed by atoms with E-state index in [0.717, 1.165) is 21.3 Å². The lowest BCUT2D eigenvalue weighted by atomic mass is 10.1. The molecule has 0 atom stereocenters. The minimum absolute atomic E-state index is 0.105. The number of amides is 1. The molecule has 0 saturated carbocycles. The van der Waals surface area contributed by atoms with Crippen LogP contribution in [0.1, 0.15) is 17.5 Å². The van der Waals surface area contributed by atoms with Gasteiger partial charge in [-0.05, 0) is 37.1 Å². The van der Waals surface area contributed by atoms with Gasteiger partial charge in [0.15, 0.2) is 0 Å². The Morgan fingerprint density at radius 2 is 2.00 bits per heavy atom. The van der Waals surface area contributed by atoms with Crippen LogP contribution in [0, 0.1) is 25.2 Å². The first-order valence-electron chi connectivity index (χ1n) is 5.69. The Kier molecular flexibility index (Phi) is 5.66. The van der Waals surface area contributed by atoms with Crippen molar-refractivity contribution >= 4 is 27.5 Å². The van der Waals surface area contributed by atoms with E-state index in [2.05, 4.69) is 26.6 Å². The number of anilines is 1. The lowest BCUT2D eigenvalue weighted by molar-refractivity contribution is -0.119. The van der Waals surface area contributed by atoms with E-state index in [1.807, 2.05) is 32.0 Å². The van der Waals surface area contributed by atoms with Gasteiger partial charge in [-0.1, -0.05) is 15.9 Å². The van der Waals surface area contributed by atoms with E-state index < -0.39 is 0 Å². The molecule has 2 N–H and O–H groups in total. The van der Waals surface area contributed by atoms with Crippen LogP contribution in [0.25, 0.3) is 0 Å². The molecular weight excluding hydrogens is 294 g/mol. The van der Waals surface area contributed by atoms with Gasteiger partial charge in [0, 0.05) is 16.7 Å². The molecule has 96 valence electrons. The van der Waals surface area contributed by atoms with Crippen molar-refractivity contribution in [2.75, 3.05) is 18.4 Å². The predicted octanol–water partition coefficient (Wildman–Crippen LogP) is 2.51. The Hall–Kier alpha value is -1.54. The topological polar surface area (TPSA) is 64.9 Å². The summed E-state index contributed by atoms with van der Waals surface area (Å²) in [4.78, 5) is 11.5. The first kappa shape index (κ1) is 14.5. The number of aryl methyl sites for hydroxylation is 2. The molecule has 0 saturated heterocycles. The Morgan fingerprint density at radius 3 is 2.56 bits per heavy atom. The summed E-state index contributed by atoms with van der Waals surface area (Å²) in [5.41, 5.74) is 3.16. The predicted molar refractivity (Wildman–Crippen MR) is 75.3 cm³/mol. The maximum Gasteiger partial charge on any atom is 0.239 e. The zero-order valence-electron chi connectivity index (χ0n) is 10.5. The van der Waals surface area contributed by atoms with Crippen LogP contribution in [0.3, 0.4) is 0 Å². The van der Waals surface area contributed by atoms with E-state index in [-0.39, 0.29) is 12.5 Å². The van der Waals surface area contributed by atoms with Crippen LogP contribution in [-0.2, 0) is 4.79 Å². The molecule has 18 heavy (non-hydrogen) atoms. The highest BCUT2D eigenvalue weighted by molar-refractivity contribution is 9.10. The van der Waals surface area contributed by atoms with E-state index in [1.54, 1.807) is 0 Å². The summed E-state index contributed by atoms with van der Waals surface area (Å²) in [6.45, 7) is 4.60. The van der Waals surface area contributed by atoms with Crippen molar-refractivity contribution in [1.82, 2.24) is 5.32 Å². The molecule has 0 aliphatic carbocycles. The van der Waals surface area contributed by atoms with Gasteiger partial charge in [-0.25, -0.2) is 0 Å².